The highest BCUT2D eigenvalue weighted by molar-refractivity contribution is 5.69. The first-order valence-electron chi connectivity index (χ1n) is 7.87. The molecule has 138 valence electrons. The molecule has 3 rings (SSSR count). The van der Waals surface area contributed by atoms with E-state index in [1.165, 1.54) is 12.1 Å². The normalized spacial score (nSPS) is 10.1. The Morgan fingerprint density at radius 3 is 2.56 bits per heavy atom. The Morgan fingerprint density at radius 2 is 1.85 bits per heavy atom. The highest BCUT2D eigenvalue weighted by atomic mass is 19.1. The van der Waals surface area contributed by atoms with Crippen molar-refractivity contribution in [3.8, 4) is 11.5 Å². The number of rotatable bonds is 7. The molecule has 0 bridgehead atoms. The van der Waals surface area contributed by atoms with Crippen molar-refractivity contribution in [2.24, 2.45) is 0 Å². The van der Waals surface area contributed by atoms with Gasteiger partial charge in [0.25, 0.3) is 6.47 Å². The zero-order valence-corrected chi connectivity index (χ0v) is 14.2. The van der Waals surface area contributed by atoms with Crippen LogP contribution >= 0.6 is 0 Å². The SMILES string of the molecule is CNc1cc(Nc2ncc(F)c(Nc3ccc(O)cc3)n2)ccc1OC=O. The first kappa shape index (κ1) is 17.9. The van der Waals surface area contributed by atoms with Gasteiger partial charge in [0, 0.05) is 18.4 Å². The summed E-state index contributed by atoms with van der Waals surface area (Å²) in [4.78, 5) is 18.6. The molecule has 0 atom stereocenters. The number of benzene rings is 2. The van der Waals surface area contributed by atoms with Crippen LogP contribution in [0.25, 0.3) is 0 Å². The van der Waals surface area contributed by atoms with Gasteiger partial charge in [0.05, 0.1) is 11.9 Å². The van der Waals surface area contributed by atoms with E-state index < -0.39 is 5.82 Å². The van der Waals surface area contributed by atoms with Gasteiger partial charge in [-0.3, -0.25) is 4.79 Å². The Kier molecular flexibility index (Phi) is 5.31. The largest absolute Gasteiger partial charge is 0.508 e. The smallest absolute Gasteiger partial charge is 0.298 e. The molecule has 0 unspecified atom stereocenters. The monoisotopic (exact) mass is 369 g/mol. The molecule has 8 nitrogen and oxygen atoms in total. The van der Waals surface area contributed by atoms with Gasteiger partial charge < -0.3 is 25.8 Å². The van der Waals surface area contributed by atoms with Crippen molar-refractivity contribution in [2.75, 3.05) is 23.0 Å². The Hall–Kier alpha value is -3.88. The van der Waals surface area contributed by atoms with Crippen LogP contribution in [0, 0.1) is 5.82 Å². The maximum Gasteiger partial charge on any atom is 0.298 e. The van der Waals surface area contributed by atoms with E-state index in [9.17, 15) is 14.3 Å². The summed E-state index contributed by atoms with van der Waals surface area (Å²) in [5.74, 6) is -0.00263. The average Bonchev–Trinajstić information content (AvgIpc) is 2.67. The van der Waals surface area contributed by atoms with Crippen LogP contribution in [-0.2, 0) is 4.79 Å². The number of aromatic nitrogens is 2. The first-order valence-corrected chi connectivity index (χ1v) is 7.87. The molecule has 0 saturated carbocycles. The molecular weight excluding hydrogens is 353 g/mol. The fourth-order valence-corrected chi connectivity index (χ4v) is 2.28. The molecule has 1 aromatic heterocycles. The number of ether oxygens (including phenoxy) is 1. The Labute approximate surface area is 154 Å². The number of carbonyl (C=O) groups excluding carboxylic acids is 1. The molecule has 27 heavy (non-hydrogen) atoms. The summed E-state index contributed by atoms with van der Waals surface area (Å²) in [7, 11) is 1.69. The van der Waals surface area contributed by atoms with Crippen LogP contribution in [0.2, 0.25) is 0 Å². The van der Waals surface area contributed by atoms with E-state index in [0.717, 1.165) is 6.20 Å². The number of nitrogens with one attached hydrogen (secondary N) is 3. The number of anilines is 5. The standard InChI is InChI=1S/C18H16FN5O3/c1-20-15-8-12(4-7-16(15)27-10-25)23-18-21-9-14(19)17(24-18)22-11-2-5-13(26)6-3-11/h2-10,20,26H,1H3,(H2,21,22,23,24). The van der Waals surface area contributed by atoms with Gasteiger partial charge in [-0.1, -0.05) is 0 Å². The highest BCUT2D eigenvalue weighted by Gasteiger charge is 2.09. The molecule has 0 aliphatic heterocycles. The minimum absolute atomic E-state index is 0.0204. The number of carbonyl (C=O) groups is 1. The zero-order chi connectivity index (χ0) is 19.2. The van der Waals surface area contributed by atoms with Crippen molar-refractivity contribution in [2.45, 2.75) is 0 Å². The molecule has 0 amide bonds. The number of phenols is 1. The van der Waals surface area contributed by atoms with Gasteiger partial charge >= 0.3 is 0 Å². The fourth-order valence-electron chi connectivity index (χ4n) is 2.28. The van der Waals surface area contributed by atoms with E-state index in [-0.39, 0.29) is 17.5 Å². The molecule has 3 aromatic rings. The molecule has 2 aromatic carbocycles. The van der Waals surface area contributed by atoms with Crippen LogP contribution in [0.5, 0.6) is 11.5 Å². The summed E-state index contributed by atoms with van der Waals surface area (Å²) in [5, 5.41) is 18.0. The maximum atomic E-state index is 14.0. The second kappa shape index (κ2) is 8.00. The number of aromatic hydroxyl groups is 1. The lowest BCUT2D eigenvalue weighted by Gasteiger charge is -2.12. The van der Waals surface area contributed by atoms with Crippen molar-refractivity contribution in [1.29, 1.82) is 0 Å². The first-order chi connectivity index (χ1) is 13.1. The van der Waals surface area contributed by atoms with E-state index in [1.807, 2.05) is 0 Å². The van der Waals surface area contributed by atoms with Gasteiger partial charge in [-0.2, -0.15) is 4.98 Å². The molecule has 0 aliphatic rings. The lowest BCUT2D eigenvalue weighted by atomic mass is 10.2. The van der Waals surface area contributed by atoms with Gasteiger partial charge in [0.1, 0.15) is 5.75 Å². The number of phenolic OH excluding ortho intramolecular Hbond substituents is 1. The third-order valence-electron chi connectivity index (χ3n) is 3.55. The van der Waals surface area contributed by atoms with Crippen LogP contribution in [-0.4, -0.2) is 28.6 Å². The lowest BCUT2D eigenvalue weighted by molar-refractivity contribution is -0.120. The van der Waals surface area contributed by atoms with E-state index in [4.69, 9.17) is 4.74 Å². The van der Waals surface area contributed by atoms with Crippen LogP contribution in [0.15, 0.2) is 48.7 Å². The average molecular weight is 369 g/mol. The second-order valence-electron chi connectivity index (χ2n) is 5.36. The molecule has 4 N–H and O–H groups in total. The summed E-state index contributed by atoms with van der Waals surface area (Å²) in [6, 6.07) is 11.1. The van der Waals surface area contributed by atoms with E-state index >= 15 is 0 Å². The molecule has 0 fully saturated rings. The van der Waals surface area contributed by atoms with Crippen LogP contribution in [0.1, 0.15) is 0 Å². The predicted molar refractivity (Wildman–Crippen MR) is 99.3 cm³/mol. The van der Waals surface area contributed by atoms with Gasteiger partial charge in [0.2, 0.25) is 5.95 Å². The molecule has 0 aliphatic carbocycles. The molecule has 0 radical (unpaired) electrons. The summed E-state index contributed by atoms with van der Waals surface area (Å²) in [5.41, 5.74) is 1.75. The highest BCUT2D eigenvalue weighted by Crippen LogP contribution is 2.29. The van der Waals surface area contributed by atoms with Crippen molar-refractivity contribution >= 4 is 35.3 Å². The fraction of sp³-hybridized carbons (Fsp3) is 0.0556. The van der Waals surface area contributed by atoms with Gasteiger partial charge in [0.15, 0.2) is 17.4 Å². The summed E-state index contributed by atoms with van der Waals surface area (Å²) >= 11 is 0. The Morgan fingerprint density at radius 1 is 1.11 bits per heavy atom. The molecule has 0 saturated heterocycles. The zero-order valence-electron chi connectivity index (χ0n) is 14.2. The second-order valence-corrected chi connectivity index (χ2v) is 5.36. The Bertz CT molecular complexity index is 950. The topological polar surface area (TPSA) is 108 Å². The van der Waals surface area contributed by atoms with Gasteiger partial charge in [-0.15, -0.1) is 0 Å². The third kappa shape index (κ3) is 4.40. The Balaban J connectivity index is 1.81. The van der Waals surface area contributed by atoms with Crippen molar-refractivity contribution < 1.29 is 19.0 Å². The van der Waals surface area contributed by atoms with Crippen LogP contribution in [0.3, 0.4) is 0 Å². The number of hydrogen-bond acceptors (Lipinski definition) is 8. The minimum Gasteiger partial charge on any atom is -0.508 e. The quantitative estimate of drug-likeness (QED) is 0.371. The van der Waals surface area contributed by atoms with E-state index in [1.54, 1.807) is 37.4 Å². The van der Waals surface area contributed by atoms with Crippen LogP contribution < -0.4 is 20.7 Å². The van der Waals surface area contributed by atoms with Gasteiger partial charge in [-0.25, -0.2) is 9.37 Å². The minimum atomic E-state index is -0.626. The third-order valence-corrected chi connectivity index (χ3v) is 3.55. The number of nitrogens with zero attached hydrogens (tertiary/aromatic N) is 2. The number of hydrogen-bond donors (Lipinski definition) is 4. The van der Waals surface area contributed by atoms with Crippen molar-refractivity contribution in [3.05, 3.63) is 54.5 Å². The summed E-state index contributed by atoms with van der Waals surface area (Å²) in [6.45, 7) is 0.341. The van der Waals surface area contributed by atoms with Crippen molar-refractivity contribution in [1.82, 2.24) is 9.97 Å². The molecule has 1 heterocycles. The molecule has 9 heteroatoms. The predicted octanol–water partition coefficient (Wildman–Crippen LogP) is 3.39. The summed E-state index contributed by atoms with van der Waals surface area (Å²) in [6.07, 6.45) is 1.04. The van der Waals surface area contributed by atoms with Crippen molar-refractivity contribution in [3.63, 3.8) is 0 Å². The summed E-state index contributed by atoms with van der Waals surface area (Å²) < 4.78 is 18.9. The van der Waals surface area contributed by atoms with E-state index in [0.29, 0.717) is 29.3 Å². The lowest BCUT2D eigenvalue weighted by Crippen LogP contribution is -2.04. The van der Waals surface area contributed by atoms with E-state index in [2.05, 4.69) is 25.9 Å². The maximum absolute atomic E-state index is 14.0. The van der Waals surface area contributed by atoms with Crippen LogP contribution in [0.4, 0.5) is 33.2 Å². The molecular formula is C18H16FN5O3. The number of halogens is 1. The van der Waals surface area contributed by atoms with Gasteiger partial charge in [-0.05, 0) is 42.5 Å². The molecule has 0 spiro atoms.